The molecule has 0 radical (unpaired) electrons. The second-order valence-corrected chi connectivity index (χ2v) is 8.73. The number of amides is 2. The zero-order valence-electron chi connectivity index (χ0n) is 19.5. The van der Waals surface area contributed by atoms with Gasteiger partial charge in [-0.15, -0.1) is 0 Å². The van der Waals surface area contributed by atoms with Crippen LogP contribution in [0, 0.1) is 5.92 Å². The van der Waals surface area contributed by atoms with Crippen molar-refractivity contribution in [3.63, 3.8) is 0 Å². The van der Waals surface area contributed by atoms with Crippen molar-refractivity contribution >= 4 is 28.3 Å². The molecule has 2 amide bonds. The van der Waals surface area contributed by atoms with Gasteiger partial charge in [-0.25, -0.2) is 0 Å². The molecule has 6 heteroatoms. The number of piperidine rings is 1. The van der Waals surface area contributed by atoms with E-state index in [0.29, 0.717) is 25.2 Å². The fourth-order valence-electron chi connectivity index (χ4n) is 4.43. The highest BCUT2D eigenvalue weighted by Gasteiger charge is 2.29. The summed E-state index contributed by atoms with van der Waals surface area (Å²) in [6.07, 6.45) is 1.61. The number of ether oxygens (including phenoxy) is 1. The van der Waals surface area contributed by atoms with E-state index in [4.69, 9.17) is 4.74 Å². The lowest BCUT2D eigenvalue weighted by atomic mass is 9.95. The first kappa shape index (κ1) is 22.6. The van der Waals surface area contributed by atoms with Gasteiger partial charge in [-0.05, 0) is 48.1 Å². The number of methoxy groups -OCH3 is 1. The largest absolute Gasteiger partial charge is 0.496 e. The minimum atomic E-state index is -0.201. The SMILES string of the molecule is COc1ccc(C(=O)N2CCC[C@@H](C(=O)NCc3ccc(N(C)C)cc3)C2)c2ccccc12. The van der Waals surface area contributed by atoms with Crippen molar-refractivity contribution in [2.45, 2.75) is 19.4 Å². The number of hydrogen-bond acceptors (Lipinski definition) is 4. The van der Waals surface area contributed by atoms with E-state index in [9.17, 15) is 9.59 Å². The van der Waals surface area contributed by atoms with E-state index in [1.807, 2.05) is 84.6 Å². The van der Waals surface area contributed by atoms with Crippen LogP contribution in [0.3, 0.4) is 0 Å². The molecule has 172 valence electrons. The molecule has 4 rings (SSSR count). The number of nitrogens with zero attached hydrogens (tertiary/aromatic N) is 2. The van der Waals surface area contributed by atoms with E-state index in [0.717, 1.165) is 40.6 Å². The number of carbonyl (C=O) groups is 2. The first-order valence-electron chi connectivity index (χ1n) is 11.4. The van der Waals surface area contributed by atoms with Crippen molar-refractivity contribution in [2.24, 2.45) is 5.92 Å². The summed E-state index contributed by atoms with van der Waals surface area (Å²) in [7, 11) is 5.64. The summed E-state index contributed by atoms with van der Waals surface area (Å²) in [6, 6.07) is 19.6. The number of hydrogen-bond donors (Lipinski definition) is 1. The summed E-state index contributed by atoms with van der Waals surface area (Å²) in [5.74, 6) is 0.513. The molecule has 0 bridgehead atoms. The molecule has 1 aliphatic rings. The van der Waals surface area contributed by atoms with Gasteiger partial charge in [0.05, 0.1) is 13.0 Å². The van der Waals surface area contributed by atoms with Gasteiger partial charge in [-0.1, -0.05) is 36.4 Å². The average molecular weight is 446 g/mol. The molecule has 1 saturated heterocycles. The van der Waals surface area contributed by atoms with Crippen LogP contribution < -0.4 is 15.0 Å². The van der Waals surface area contributed by atoms with Crippen LogP contribution in [-0.4, -0.2) is 51.0 Å². The van der Waals surface area contributed by atoms with Crippen molar-refractivity contribution in [1.29, 1.82) is 0 Å². The second kappa shape index (κ2) is 9.94. The minimum Gasteiger partial charge on any atom is -0.496 e. The zero-order chi connectivity index (χ0) is 23.4. The maximum Gasteiger partial charge on any atom is 0.254 e. The maximum atomic E-state index is 13.4. The van der Waals surface area contributed by atoms with Gasteiger partial charge in [0, 0.05) is 50.4 Å². The van der Waals surface area contributed by atoms with Crippen molar-refractivity contribution < 1.29 is 14.3 Å². The number of fused-ring (bicyclic) bond motifs is 1. The van der Waals surface area contributed by atoms with Gasteiger partial charge >= 0.3 is 0 Å². The van der Waals surface area contributed by atoms with E-state index in [1.54, 1.807) is 7.11 Å². The Labute approximate surface area is 195 Å². The third kappa shape index (κ3) is 4.95. The van der Waals surface area contributed by atoms with E-state index in [-0.39, 0.29) is 17.7 Å². The molecule has 1 N–H and O–H groups in total. The predicted molar refractivity (Wildman–Crippen MR) is 132 cm³/mol. The topological polar surface area (TPSA) is 61.9 Å². The Balaban J connectivity index is 1.42. The highest BCUT2D eigenvalue weighted by atomic mass is 16.5. The van der Waals surface area contributed by atoms with Crippen LogP contribution in [0.25, 0.3) is 10.8 Å². The summed E-state index contributed by atoms with van der Waals surface area (Å²) in [6.45, 7) is 1.58. The Kier molecular flexibility index (Phi) is 6.82. The minimum absolute atomic E-state index is 0.00350. The number of benzene rings is 3. The molecule has 0 unspecified atom stereocenters. The van der Waals surface area contributed by atoms with Crippen LogP contribution in [-0.2, 0) is 11.3 Å². The fourth-order valence-corrected chi connectivity index (χ4v) is 4.43. The molecule has 1 heterocycles. The van der Waals surface area contributed by atoms with E-state index in [2.05, 4.69) is 5.32 Å². The molecule has 3 aromatic rings. The third-order valence-corrected chi connectivity index (χ3v) is 6.33. The van der Waals surface area contributed by atoms with Crippen LogP contribution in [0.5, 0.6) is 5.75 Å². The molecule has 1 aliphatic heterocycles. The number of nitrogens with one attached hydrogen (secondary N) is 1. The van der Waals surface area contributed by atoms with Crippen LogP contribution in [0.2, 0.25) is 0 Å². The summed E-state index contributed by atoms with van der Waals surface area (Å²) in [4.78, 5) is 30.1. The monoisotopic (exact) mass is 445 g/mol. The van der Waals surface area contributed by atoms with Gasteiger partial charge < -0.3 is 19.9 Å². The van der Waals surface area contributed by atoms with Gasteiger partial charge in [0.1, 0.15) is 5.75 Å². The Hall–Kier alpha value is -3.54. The molecular weight excluding hydrogens is 414 g/mol. The smallest absolute Gasteiger partial charge is 0.254 e. The van der Waals surface area contributed by atoms with Crippen molar-refractivity contribution in [1.82, 2.24) is 10.2 Å². The average Bonchev–Trinajstić information content (AvgIpc) is 2.86. The molecule has 33 heavy (non-hydrogen) atoms. The molecule has 0 saturated carbocycles. The summed E-state index contributed by atoms with van der Waals surface area (Å²) in [5, 5.41) is 4.84. The Morgan fingerprint density at radius 3 is 2.45 bits per heavy atom. The van der Waals surface area contributed by atoms with Crippen LogP contribution in [0.15, 0.2) is 60.7 Å². The van der Waals surface area contributed by atoms with Gasteiger partial charge in [0.2, 0.25) is 5.91 Å². The quantitative estimate of drug-likeness (QED) is 0.621. The molecule has 1 fully saturated rings. The van der Waals surface area contributed by atoms with Crippen molar-refractivity contribution in [3.05, 3.63) is 71.8 Å². The lowest BCUT2D eigenvalue weighted by molar-refractivity contribution is -0.126. The van der Waals surface area contributed by atoms with Gasteiger partial charge in [-0.3, -0.25) is 9.59 Å². The Morgan fingerprint density at radius 2 is 1.76 bits per heavy atom. The Morgan fingerprint density at radius 1 is 1.03 bits per heavy atom. The van der Waals surface area contributed by atoms with Crippen LogP contribution >= 0.6 is 0 Å². The highest BCUT2D eigenvalue weighted by molar-refractivity contribution is 6.08. The lowest BCUT2D eigenvalue weighted by Crippen LogP contribution is -2.45. The highest BCUT2D eigenvalue weighted by Crippen LogP contribution is 2.30. The summed E-state index contributed by atoms with van der Waals surface area (Å²) in [5.41, 5.74) is 2.83. The third-order valence-electron chi connectivity index (χ3n) is 6.33. The molecule has 0 aliphatic carbocycles. The number of anilines is 1. The van der Waals surface area contributed by atoms with Crippen molar-refractivity contribution in [2.75, 3.05) is 39.2 Å². The standard InChI is InChI=1S/C27H31N3O3/c1-29(2)21-12-10-19(11-13-21)17-28-26(31)20-7-6-16-30(18-20)27(32)24-14-15-25(33-3)23-9-5-4-8-22(23)24/h4-5,8-15,20H,6-7,16-18H2,1-3H3,(H,28,31)/t20-/m1/s1. The molecule has 3 aromatic carbocycles. The van der Waals surface area contributed by atoms with Crippen LogP contribution in [0.4, 0.5) is 5.69 Å². The second-order valence-electron chi connectivity index (χ2n) is 8.73. The number of carbonyl (C=O) groups excluding carboxylic acids is 2. The first-order valence-corrected chi connectivity index (χ1v) is 11.4. The Bertz CT molecular complexity index is 1140. The van der Waals surface area contributed by atoms with Gasteiger partial charge in [0.15, 0.2) is 0 Å². The molecule has 0 spiro atoms. The number of rotatable bonds is 6. The number of likely N-dealkylation sites (tertiary alicyclic amines) is 1. The van der Waals surface area contributed by atoms with E-state index in [1.165, 1.54) is 0 Å². The zero-order valence-corrected chi connectivity index (χ0v) is 19.5. The van der Waals surface area contributed by atoms with Crippen LogP contribution in [0.1, 0.15) is 28.8 Å². The van der Waals surface area contributed by atoms with Crippen molar-refractivity contribution in [3.8, 4) is 5.75 Å². The molecule has 6 nitrogen and oxygen atoms in total. The molecular formula is C27H31N3O3. The molecule has 0 aromatic heterocycles. The molecule has 1 atom stereocenters. The van der Waals surface area contributed by atoms with E-state index >= 15 is 0 Å². The van der Waals surface area contributed by atoms with Gasteiger partial charge in [-0.2, -0.15) is 0 Å². The van der Waals surface area contributed by atoms with Gasteiger partial charge in [0.25, 0.3) is 5.91 Å². The summed E-state index contributed by atoms with van der Waals surface area (Å²) < 4.78 is 5.46. The maximum absolute atomic E-state index is 13.4. The predicted octanol–water partition coefficient (Wildman–Crippen LogP) is 4.08. The summed E-state index contributed by atoms with van der Waals surface area (Å²) >= 11 is 0. The first-order chi connectivity index (χ1) is 16.0. The van der Waals surface area contributed by atoms with E-state index < -0.39 is 0 Å². The lowest BCUT2D eigenvalue weighted by Gasteiger charge is -2.32. The normalized spacial score (nSPS) is 15.8. The fraction of sp³-hybridized carbons (Fsp3) is 0.333.